The van der Waals surface area contributed by atoms with Crippen LogP contribution in [0, 0.1) is 29.6 Å². The lowest BCUT2D eigenvalue weighted by atomic mass is 9.82. The first-order chi connectivity index (χ1) is 27.4. The minimum absolute atomic E-state index is 0.0804. The van der Waals surface area contributed by atoms with Gasteiger partial charge in [-0.05, 0) is 116 Å². The number of Topliss-reactive ketones (excluding diaryl/α,β-unsaturated/α-hetero) is 1. The van der Waals surface area contributed by atoms with Crippen molar-refractivity contribution in [3.8, 4) is 0 Å². The Kier molecular flexibility index (Phi) is 18.0. The van der Waals surface area contributed by atoms with Crippen LogP contribution < -0.4 is 0 Å². The van der Waals surface area contributed by atoms with Crippen molar-refractivity contribution in [3.63, 3.8) is 0 Å². The van der Waals surface area contributed by atoms with Crippen LogP contribution in [0.2, 0.25) is 0 Å². The van der Waals surface area contributed by atoms with E-state index in [1.807, 2.05) is 27.7 Å². The molecule has 0 unspecified atom stereocenters. The van der Waals surface area contributed by atoms with Gasteiger partial charge < -0.3 is 44.0 Å². The Labute approximate surface area is 346 Å². The third kappa shape index (κ3) is 12.0. The van der Waals surface area contributed by atoms with Gasteiger partial charge in [0.1, 0.15) is 24.4 Å². The fraction of sp³-hybridized carbons (Fsp3) is 0.822. The standard InChI is InChI=1S/C45H74N2O11/c1-11-33-21-27(4)20-28(5)22-38(54-9)41-39(55-10)24-30(7)45(53,57-41)42(50)43(51)47-19-13-12-14-36(47)44(52)56-40(29(6)23-32-15-17-34(48)18-16-32)31(8)37(49)25-35(33)46-58-26(2)3/h21,23,26,28,30-34,36-41,48-49,53H,11-20,22,24-25H2,1-10H3/b27-21+,29-23+,46-35-/t28-,30+,31+,32?,33+,34?,36-,37-,38-,39-,40+,41+,45+/m0/s1. The summed E-state index contributed by atoms with van der Waals surface area (Å²) in [6.07, 6.45) is 6.66. The van der Waals surface area contributed by atoms with E-state index in [9.17, 15) is 29.7 Å². The Bertz CT molecular complexity index is 1470. The summed E-state index contributed by atoms with van der Waals surface area (Å²) < 4.78 is 24.5. The summed E-state index contributed by atoms with van der Waals surface area (Å²) in [5, 5.41) is 38.9. The maximum Gasteiger partial charge on any atom is 0.329 e. The molecule has 2 saturated heterocycles. The number of carbonyl (C=O) groups is 3. The van der Waals surface area contributed by atoms with Crippen LogP contribution in [0.1, 0.15) is 132 Å². The second-order valence-electron chi connectivity index (χ2n) is 18.1. The Balaban J connectivity index is 1.82. The highest BCUT2D eigenvalue weighted by Gasteiger charge is 2.56. The van der Waals surface area contributed by atoms with Crippen molar-refractivity contribution in [1.29, 1.82) is 0 Å². The van der Waals surface area contributed by atoms with Gasteiger partial charge in [0.2, 0.25) is 5.79 Å². The van der Waals surface area contributed by atoms with E-state index in [0.717, 1.165) is 24.0 Å². The van der Waals surface area contributed by atoms with Gasteiger partial charge in [-0.25, -0.2) is 4.79 Å². The minimum Gasteiger partial charge on any atom is -0.456 e. The predicted molar refractivity (Wildman–Crippen MR) is 221 cm³/mol. The summed E-state index contributed by atoms with van der Waals surface area (Å²) >= 11 is 0. The maximum atomic E-state index is 14.4. The number of esters is 1. The van der Waals surface area contributed by atoms with Gasteiger partial charge in [-0.3, -0.25) is 9.59 Å². The number of oxime groups is 1. The van der Waals surface area contributed by atoms with E-state index >= 15 is 0 Å². The number of rotatable bonds is 7. The highest BCUT2D eigenvalue weighted by molar-refractivity contribution is 6.39. The highest BCUT2D eigenvalue weighted by atomic mass is 16.7. The molecule has 1 saturated carbocycles. The van der Waals surface area contributed by atoms with Crippen molar-refractivity contribution >= 4 is 23.4 Å². The smallest absolute Gasteiger partial charge is 0.329 e. The summed E-state index contributed by atoms with van der Waals surface area (Å²) in [6, 6.07) is -1.09. The van der Waals surface area contributed by atoms with Crippen LogP contribution in [0.5, 0.6) is 0 Å². The SMILES string of the molecule is CC[C@@H]1/C=C(\C)C[C@H](C)C[C@H](OC)[C@H]2O[C@@](O)(C(=O)C(=O)N3CCCC[C@H]3C(=O)O[C@H](/C(C)=C/C3CCC(O)CC3)[C@H](C)[C@@H](O)C/C1=N/OC(C)C)[C@H](C)C[C@@H]2OC. The molecule has 3 N–H and O–H groups in total. The van der Waals surface area contributed by atoms with Gasteiger partial charge in [0, 0.05) is 44.9 Å². The van der Waals surface area contributed by atoms with Crippen molar-refractivity contribution in [2.45, 2.75) is 187 Å². The number of hydrogen-bond acceptors (Lipinski definition) is 12. The van der Waals surface area contributed by atoms with Crippen LogP contribution in [0.3, 0.4) is 0 Å². The monoisotopic (exact) mass is 819 g/mol. The van der Waals surface area contributed by atoms with Crippen LogP contribution >= 0.6 is 0 Å². The van der Waals surface area contributed by atoms with E-state index < -0.39 is 71.8 Å². The molecule has 330 valence electrons. The number of methoxy groups -OCH3 is 2. The van der Waals surface area contributed by atoms with E-state index in [1.165, 1.54) is 4.90 Å². The Morgan fingerprint density at radius 2 is 1.66 bits per heavy atom. The minimum atomic E-state index is -2.48. The number of ketones is 1. The van der Waals surface area contributed by atoms with Crippen molar-refractivity contribution in [1.82, 2.24) is 4.90 Å². The van der Waals surface area contributed by atoms with Gasteiger partial charge in [0.25, 0.3) is 11.7 Å². The number of amides is 1. The lowest BCUT2D eigenvalue weighted by molar-refractivity contribution is -0.302. The molecule has 4 aliphatic rings. The van der Waals surface area contributed by atoms with Crippen molar-refractivity contribution in [2.24, 2.45) is 34.7 Å². The Morgan fingerprint density at radius 3 is 2.28 bits per heavy atom. The topological polar surface area (TPSA) is 174 Å². The predicted octanol–water partition coefficient (Wildman–Crippen LogP) is 6.06. The van der Waals surface area contributed by atoms with Crippen LogP contribution in [0.15, 0.2) is 28.5 Å². The lowest BCUT2D eigenvalue weighted by Crippen LogP contribution is -2.64. The third-order valence-electron chi connectivity index (χ3n) is 12.9. The van der Waals surface area contributed by atoms with E-state index in [-0.39, 0.29) is 55.8 Å². The van der Waals surface area contributed by atoms with E-state index in [0.29, 0.717) is 50.7 Å². The summed E-state index contributed by atoms with van der Waals surface area (Å²) in [5.41, 5.74) is 2.56. The van der Waals surface area contributed by atoms with Crippen LogP contribution in [-0.4, -0.2) is 119 Å². The molecule has 0 aromatic carbocycles. The molecule has 3 aliphatic heterocycles. The van der Waals surface area contributed by atoms with E-state index in [1.54, 1.807) is 21.1 Å². The molecule has 0 aromatic rings. The number of hydrogen-bond donors (Lipinski definition) is 3. The van der Waals surface area contributed by atoms with E-state index in [4.69, 9.17) is 23.8 Å². The molecule has 0 radical (unpaired) electrons. The molecular weight excluding hydrogens is 744 g/mol. The number of aliphatic hydroxyl groups excluding tert-OH is 2. The zero-order valence-corrected chi connectivity index (χ0v) is 36.9. The first-order valence-electron chi connectivity index (χ1n) is 21.9. The fourth-order valence-corrected chi connectivity index (χ4v) is 9.41. The zero-order chi connectivity index (χ0) is 42.9. The average molecular weight is 819 g/mol. The molecule has 58 heavy (non-hydrogen) atoms. The number of cyclic esters (lactones) is 1. The highest BCUT2D eigenvalue weighted by Crippen LogP contribution is 2.39. The average Bonchev–Trinajstić information content (AvgIpc) is 3.19. The molecule has 13 heteroatoms. The number of aliphatic hydroxyl groups is 3. The van der Waals surface area contributed by atoms with Gasteiger partial charge in [-0.2, -0.15) is 0 Å². The lowest BCUT2D eigenvalue weighted by Gasteiger charge is -2.47. The summed E-state index contributed by atoms with van der Waals surface area (Å²) in [6.45, 7) is 15.6. The first kappa shape index (κ1) is 48.0. The number of allylic oxidation sites excluding steroid dienone is 3. The molecule has 13 nitrogen and oxygen atoms in total. The summed E-state index contributed by atoms with van der Waals surface area (Å²) in [7, 11) is 3.12. The molecule has 1 aliphatic carbocycles. The maximum absolute atomic E-state index is 14.4. The van der Waals surface area contributed by atoms with E-state index in [2.05, 4.69) is 38.1 Å². The van der Waals surface area contributed by atoms with Gasteiger partial charge in [0.05, 0.1) is 30.1 Å². The fourth-order valence-electron chi connectivity index (χ4n) is 9.41. The first-order valence-corrected chi connectivity index (χ1v) is 21.9. The van der Waals surface area contributed by atoms with Crippen LogP contribution in [0.4, 0.5) is 0 Å². The number of ether oxygens (including phenoxy) is 4. The van der Waals surface area contributed by atoms with Crippen LogP contribution in [0.25, 0.3) is 0 Å². The van der Waals surface area contributed by atoms with Gasteiger partial charge in [-0.15, -0.1) is 0 Å². The molecule has 3 heterocycles. The van der Waals surface area contributed by atoms with Gasteiger partial charge in [0.15, 0.2) is 0 Å². The number of fused-ring (bicyclic) bond motifs is 3. The second kappa shape index (κ2) is 21.7. The summed E-state index contributed by atoms with van der Waals surface area (Å²) in [4.78, 5) is 50.0. The van der Waals surface area contributed by atoms with Crippen molar-refractivity contribution in [2.75, 3.05) is 20.8 Å². The number of piperidine rings is 1. The van der Waals surface area contributed by atoms with Crippen molar-refractivity contribution in [3.05, 3.63) is 23.3 Å². The normalized spacial score (nSPS) is 40.0. The largest absolute Gasteiger partial charge is 0.456 e. The zero-order valence-electron chi connectivity index (χ0n) is 36.9. The molecule has 2 bridgehead atoms. The summed E-state index contributed by atoms with van der Waals surface area (Å²) in [5.74, 6) is -6.60. The van der Waals surface area contributed by atoms with Crippen LogP contribution in [-0.2, 0) is 38.2 Å². The molecule has 0 aromatic heterocycles. The number of nitrogens with zero attached hydrogens (tertiary/aromatic N) is 2. The molecule has 4 rings (SSSR count). The third-order valence-corrected chi connectivity index (χ3v) is 12.9. The molecular formula is C45H74N2O11. The van der Waals surface area contributed by atoms with Gasteiger partial charge in [-0.1, -0.05) is 50.6 Å². The molecule has 11 atom stereocenters. The quantitative estimate of drug-likeness (QED) is 0.118. The van der Waals surface area contributed by atoms with Gasteiger partial charge >= 0.3 is 5.97 Å². The molecule has 1 amide bonds. The Morgan fingerprint density at radius 1 is 1.00 bits per heavy atom. The molecule has 0 spiro atoms. The second-order valence-corrected chi connectivity index (χ2v) is 18.1. The molecule has 3 fully saturated rings. The number of carbonyl (C=O) groups excluding carboxylic acids is 3. The van der Waals surface area contributed by atoms with Crippen molar-refractivity contribution < 1.29 is 53.5 Å². The Hall–Kier alpha value is -2.68.